The molecule has 2 fully saturated rings. The Morgan fingerprint density at radius 2 is 2.16 bits per heavy atom. The Balaban J connectivity index is 1.46. The number of ether oxygens (including phenoxy) is 1. The molecule has 4 rings (SSSR count). The molecule has 0 amide bonds. The molecule has 1 aromatic heterocycles. The fraction of sp³-hybridized carbons (Fsp3) is 0.526. The first kappa shape index (κ1) is 16.7. The molecule has 2 aliphatic heterocycles. The van der Waals surface area contributed by atoms with Crippen molar-refractivity contribution >= 4 is 0 Å². The summed E-state index contributed by atoms with van der Waals surface area (Å²) in [6.45, 7) is 5.39. The predicted octanol–water partition coefficient (Wildman–Crippen LogP) is 2.20. The molecule has 1 atom stereocenters. The van der Waals surface area contributed by atoms with Gasteiger partial charge in [-0.3, -0.25) is 4.90 Å². The maximum atomic E-state index is 13.4. The number of hydrogen-bond donors (Lipinski definition) is 1. The Morgan fingerprint density at radius 1 is 1.32 bits per heavy atom. The van der Waals surface area contributed by atoms with Gasteiger partial charge in [-0.05, 0) is 48.9 Å². The highest BCUT2D eigenvalue weighted by molar-refractivity contribution is 5.31. The summed E-state index contributed by atoms with van der Waals surface area (Å²) in [5, 5.41) is 4.39. The van der Waals surface area contributed by atoms with Crippen molar-refractivity contribution < 1.29 is 9.13 Å². The molecule has 134 valence electrons. The van der Waals surface area contributed by atoms with Crippen molar-refractivity contribution in [2.45, 2.75) is 19.4 Å². The van der Waals surface area contributed by atoms with Crippen LogP contribution in [0.5, 0.6) is 0 Å². The van der Waals surface area contributed by atoms with Crippen molar-refractivity contribution in [1.82, 2.24) is 14.7 Å². The van der Waals surface area contributed by atoms with Gasteiger partial charge in [0.2, 0.25) is 0 Å². The number of rotatable bonds is 4. The normalized spacial score (nSPS) is 23.4. The topological polar surface area (TPSA) is 56.3 Å². The number of aromatic nitrogens is 2. The van der Waals surface area contributed by atoms with E-state index in [9.17, 15) is 4.39 Å². The highest BCUT2D eigenvalue weighted by Gasteiger charge is 2.46. The molecule has 0 aliphatic carbocycles. The highest BCUT2D eigenvalue weighted by atomic mass is 19.1. The monoisotopic (exact) mass is 344 g/mol. The second kappa shape index (κ2) is 6.86. The average Bonchev–Trinajstić information content (AvgIpc) is 3.21. The van der Waals surface area contributed by atoms with E-state index in [0.717, 1.165) is 63.5 Å². The molecule has 0 radical (unpaired) electrons. The Kier molecular flexibility index (Phi) is 4.58. The third-order valence-electron chi connectivity index (χ3n) is 5.77. The molecule has 1 aromatic carbocycles. The number of halogens is 1. The van der Waals surface area contributed by atoms with Crippen molar-refractivity contribution in [2.24, 2.45) is 17.1 Å². The minimum atomic E-state index is -0.249. The van der Waals surface area contributed by atoms with Crippen LogP contribution in [0.25, 0.3) is 5.69 Å². The van der Waals surface area contributed by atoms with Gasteiger partial charge < -0.3 is 10.5 Å². The second-order valence-electron chi connectivity index (χ2n) is 7.35. The lowest BCUT2D eigenvalue weighted by molar-refractivity contribution is 0.00103. The highest BCUT2D eigenvalue weighted by Crippen LogP contribution is 2.44. The summed E-state index contributed by atoms with van der Waals surface area (Å²) < 4.78 is 20.7. The van der Waals surface area contributed by atoms with Gasteiger partial charge >= 0.3 is 0 Å². The zero-order valence-corrected chi connectivity index (χ0v) is 14.4. The second-order valence-corrected chi connectivity index (χ2v) is 7.35. The minimum absolute atomic E-state index is 0.249. The van der Waals surface area contributed by atoms with Gasteiger partial charge in [0.1, 0.15) is 5.82 Å². The first-order valence-corrected chi connectivity index (χ1v) is 8.98. The molecule has 2 aromatic rings. The van der Waals surface area contributed by atoms with Crippen molar-refractivity contribution in [3.8, 4) is 5.69 Å². The van der Waals surface area contributed by atoms with Crippen LogP contribution in [0.2, 0.25) is 0 Å². The third-order valence-corrected chi connectivity index (χ3v) is 5.77. The van der Waals surface area contributed by atoms with Crippen LogP contribution in [-0.2, 0) is 11.3 Å². The summed E-state index contributed by atoms with van der Waals surface area (Å²) in [6, 6.07) is 6.50. The Labute approximate surface area is 147 Å². The van der Waals surface area contributed by atoms with E-state index >= 15 is 0 Å². The molecule has 25 heavy (non-hydrogen) atoms. The zero-order valence-electron chi connectivity index (χ0n) is 14.4. The maximum absolute atomic E-state index is 13.4. The van der Waals surface area contributed by atoms with Crippen LogP contribution in [0.3, 0.4) is 0 Å². The van der Waals surface area contributed by atoms with Crippen LogP contribution >= 0.6 is 0 Å². The third kappa shape index (κ3) is 3.34. The predicted molar refractivity (Wildman–Crippen MR) is 93.8 cm³/mol. The molecule has 2 aliphatic rings. The van der Waals surface area contributed by atoms with Gasteiger partial charge in [0.15, 0.2) is 0 Å². The van der Waals surface area contributed by atoms with Gasteiger partial charge in [-0.25, -0.2) is 9.07 Å². The molecule has 1 unspecified atom stereocenters. The van der Waals surface area contributed by atoms with Crippen molar-refractivity contribution in [3.63, 3.8) is 0 Å². The quantitative estimate of drug-likeness (QED) is 0.924. The number of hydrogen-bond acceptors (Lipinski definition) is 4. The van der Waals surface area contributed by atoms with Crippen LogP contribution in [0.15, 0.2) is 36.7 Å². The van der Waals surface area contributed by atoms with Crippen molar-refractivity contribution in [3.05, 3.63) is 48.0 Å². The largest absolute Gasteiger partial charge is 0.381 e. The number of benzene rings is 1. The minimum Gasteiger partial charge on any atom is -0.381 e. The lowest BCUT2D eigenvalue weighted by Crippen LogP contribution is -2.39. The summed E-state index contributed by atoms with van der Waals surface area (Å²) in [7, 11) is 0. The van der Waals surface area contributed by atoms with Crippen LogP contribution in [0, 0.1) is 17.2 Å². The lowest BCUT2D eigenvalue weighted by atomic mass is 9.72. The molecule has 1 spiro atoms. The van der Waals surface area contributed by atoms with E-state index in [1.165, 1.54) is 12.1 Å². The van der Waals surface area contributed by atoms with E-state index in [1.807, 2.05) is 18.5 Å². The van der Waals surface area contributed by atoms with Crippen LogP contribution in [0.1, 0.15) is 18.4 Å². The summed E-state index contributed by atoms with van der Waals surface area (Å²) in [5.41, 5.74) is 8.27. The summed E-state index contributed by atoms with van der Waals surface area (Å²) in [6.07, 6.45) is 6.07. The molecule has 3 heterocycles. The van der Waals surface area contributed by atoms with E-state index in [0.29, 0.717) is 11.3 Å². The molecule has 0 bridgehead atoms. The molecule has 2 saturated heterocycles. The van der Waals surface area contributed by atoms with E-state index in [-0.39, 0.29) is 5.82 Å². The summed E-state index contributed by atoms with van der Waals surface area (Å²) in [5.74, 6) is 0.288. The Morgan fingerprint density at radius 3 is 2.92 bits per heavy atom. The number of nitrogens with two attached hydrogens (primary N) is 1. The Bertz CT molecular complexity index is 726. The van der Waals surface area contributed by atoms with Crippen LogP contribution in [0.4, 0.5) is 4.39 Å². The van der Waals surface area contributed by atoms with Gasteiger partial charge in [0.25, 0.3) is 0 Å². The summed E-state index contributed by atoms with van der Waals surface area (Å²) >= 11 is 0. The molecular formula is C19H25FN4O. The fourth-order valence-corrected chi connectivity index (χ4v) is 4.39. The fourth-order valence-electron chi connectivity index (χ4n) is 4.39. The molecular weight excluding hydrogens is 319 g/mol. The SMILES string of the molecule is NCC1CN(Cc2cnn(-c3cccc(F)c3)c2)CC12CCOCC2. The van der Waals surface area contributed by atoms with Gasteiger partial charge in [0.05, 0.1) is 11.9 Å². The smallest absolute Gasteiger partial charge is 0.125 e. The van der Waals surface area contributed by atoms with E-state index in [4.69, 9.17) is 10.5 Å². The van der Waals surface area contributed by atoms with Gasteiger partial charge in [0, 0.05) is 44.6 Å². The molecule has 2 N–H and O–H groups in total. The van der Waals surface area contributed by atoms with E-state index in [1.54, 1.807) is 10.7 Å². The average molecular weight is 344 g/mol. The standard InChI is InChI=1S/C19H25FN4O/c20-17-2-1-3-18(8-17)24-12-15(10-22-24)11-23-13-16(9-21)19(14-23)4-6-25-7-5-19/h1-3,8,10,12,16H,4-7,9,11,13-14,21H2. The molecule has 5 nitrogen and oxygen atoms in total. The number of likely N-dealkylation sites (tertiary alicyclic amines) is 1. The maximum Gasteiger partial charge on any atom is 0.125 e. The summed E-state index contributed by atoms with van der Waals surface area (Å²) in [4.78, 5) is 2.48. The van der Waals surface area contributed by atoms with Crippen molar-refractivity contribution in [1.29, 1.82) is 0 Å². The van der Waals surface area contributed by atoms with Gasteiger partial charge in [-0.15, -0.1) is 0 Å². The zero-order chi connectivity index (χ0) is 17.3. The first-order valence-electron chi connectivity index (χ1n) is 8.98. The first-order chi connectivity index (χ1) is 12.2. The van der Waals surface area contributed by atoms with E-state index < -0.39 is 0 Å². The van der Waals surface area contributed by atoms with E-state index in [2.05, 4.69) is 10.00 Å². The Hall–Kier alpha value is -1.76. The van der Waals surface area contributed by atoms with Gasteiger partial charge in [-0.2, -0.15) is 5.10 Å². The van der Waals surface area contributed by atoms with Crippen LogP contribution < -0.4 is 5.73 Å². The number of nitrogens with zero attached hydrogens (tertiary/aromatic N) is 3. The van der Waals surface area contributed by atoms with Crippen molar-refractivity contribution in [2.75, 3.05) is 32.8 Å². The van der Waals surface area contributed by atoms with Gasteiger partial charge in [-0.1, -0.05) is 6.07 Å². The lowest BCUT2D eigenvalue weighted by Gasteiger charge is -2.37. The van der Waals surface area contributed by atoms with Crippen LogP contribution in [-0.4, -0.2) is 47.5 Å². The molecule has 0 saturated carbocycles. The molecule has 6 heteroatoms.